The molecule has 0 spiro atoms. The molecule has 0 saturated heterocycles. The smallest absolute Gasteiger partial charge is 0.0701 e. The number of hydrogen-bond donors (Lipinski definition) is 2. The molecule has 2 rings (SSSR count). The van der Waals surface area contributed by atoms with Gasteiger partial charge in [0.1, 0.15) is 0 Å². The van der Waals surface area contributed by atoms with E-state index in [1.807, 2.05) is 11.4 Å². The zero-order valence-corrected chi connectivity index (χ0v) is 11.2. The molecule has 0 saturated carbocycles. The van der Waals surface area contributed by atoms with E-state index in [1.54, 1.807) is 22.7 Å². The Bertz CT molecular complexity index is 436. The molecule has 0 aromatic carbocycles. The van der Waals surface area contributed by atoms with Gasteiger partial charge in [-0.2, -0.15) is 0 Å². The van der Waals surface area contributed by atoms with E-state index in [-0.39, 0.29) is 0 Å². The standard InChI is InChI=1S/C10H11BrN2S2/c11-10-2-1-7(15-10)5-13-6-9-8(12)3-4-14-9/h1-4,13H,5-6,12H2. The Morgan fingerprint density at radius 1 is 1.27 bits per heavy atom. The molecule has 0 unspecified atom stereocenters. The van der Waals surface area contributed by atoms with E-state index in [9.17, 15) is 0 Å². The Morgan fingerprint density at radius 3 is 2.73 bits per heavy atom. The molecule has 15 heavy (non-hydrogen) atoms. The van der Waals surface area contributed by atoms with Gasteiger partial charge in [-0.1, -0.05) is 0 Å². The summed E-state index contributed by atoms with van der Waals surface area (Å²) in [7, 11) is 0. The molecule has 0 fully saturated rings. The number of nitrogens with two attached hydrogens (primary N) is 1. The highest BCUT2D eigenvalue weighted by Crippen LogP contribution is 2.22. The summed E-state index contributed by atoms with van der Waals surface area (Å²) >= 11 is 6.90. The molecular formula is C10H11BrN2S2. The van der Waals surface area contributed by atoms with Gasteiger partial charge in [0.05, 0.1) is 3.79 Å². The second-order valence-electron chi connectivity index (χ2n) is 3.11. The van der Waals surface area contributed by atoms with Crippen molar-refractivity contribution in [3.63, 3.8) is 0 Å². The van der Waals surface area contributed by atoms with Crippen LogP contribution in [0.4, 0.5) is 5.69 Å². The van der Waals surface area contributed by atoms with E-state index in [4.69, 9.17) is 5.73 Å². The van der Waals surface area contributed by atoms with E-state index >= 15 is 0 Å². The SMILES string of the molecule is Nc1ccsc1CNCc1ccc(Br)s1. The van der Waals surface area contributed by atoms with Crippen LogP contribution in [0, 0.1) is 0 Å². The third-order valence-corrected chi connectivity index (χ3v) is 4.55. The van der Waals surface area contributed by atoms with Crippen molar-refractivity contribution in [2.24, 2.45) is 0 Å². The van der Waals surface area contributed by atoms with Crippen molar-refractivity contribution in [1.82, 2.24) is 5.32 Å². The van der Waals surface area contributed by atoms with Gasteiger partial charge in [-0.25, -0.2) is 0 Å². The maximum absolute atomic E-state index is 5.79. The first-order valence-electron chi connectivity index (χ1n) is 4.52. The van der Waals surface area contributed by atoms with Crippen molar-refractivity contribution in [3.8, 4) is 0 Å². The number of nitrogens with one attached hydrogen (secondary N) is 1. The van der Waals surface area contributed by atoms with E-state index < -0.39 is 0 Å². The van der Waals surface area contributed by atoms with Crippen molar-refractivity contribution in [1.29, 1.82) is 0 Å². The summed E-state index contributed by atoms with van der Waals surface area (Å²) in [6.45, 7) is 1.74. The van der Waals surface area contributed by atoms with Gasteiger partial charge in [-0.3, -0.25) is 0 Å². The fourth-order valence-corrected chi connectivity index (χ4v) is 3.46. The molecule has 0 amide bonds. The number of rotatable bonds is 4. The maximum Gasteiger partial charge on any atom is 0.0701 e. The summed E-state index contributed by atoms with van der Waals surface area (Å²) in [4.78, 5) is 2.54. The molecule has 0 aliphatic rings. The van der Waals surface area contributed by atoms with Crippen LogP contribution in [-0.4, -0.2) is 0 Å². The van der Waals surface area contributed by atoms with Crippen LogP contribution < -0.4 is 11.1 Å². The lowest BCUT2D eigenvalue weighted by molar-refractivity contribution is 0.710. The van der Waals surface area contributed by atoms with E-state index in [1.165, 1.54) is 13.5 Å². The Morgan fingerprint density at radius 2 is 2.13 bits per heavy atom. The van der Waals surface area contributed by atoms with Gasteiger partial charge in [0.15, 0.2) is 0 Å². The second kappa shape index (κ2) is 5.12. The molecule has 0 aliphatic heterocycles. The summed E-state index contributed by atoms with van der Waals surface area (Å²) < 4.78 is 1.18. The quantitative estimate of drug-likeness (QED) is 0.908. The lowest BCUT2D eigenvalue weighted by Gasteiger charge is -2.01. The normalized spacial score (nSPS) is 10.7. The number of halogens is 1. The van der Waals surface area contributed by atoms with Crippen molar-refractivity contribution < 1.29 is 0 Å². The molecule has 2 aromatic rings. The predicted molar refractivity (Wildman–Crippen MR) is 71.3 cm³/mol. The first-order chi connectivity index (χ1) is 7.25. The topological polar surface area (TPSA) is 38.0 Å². The molecule has 80 valence electrons. The minimum atomic E-state index is 0.846. The van der Waals surface area contributed by atoms with Crippen LogP contribution in [0.1, 0.15) is 9.75 Å². The Labute approximate surface area is 105 Å². The van der Waals surface area contributed by atoms with Gasteiger partial charge in [0, 0.05) is 28.5 Å². The zero-order chi connectivity index (χ0) is 10.7. The zero-order valence-electron chi connectivity index (χ0n) is 8.00. The Kier molecular flexibility index (Phi) is 3.80. The summed E-state index contributed by atoms with van der Waals surface area (Å²) in [6.07, 6.45) is 0. The molecule has 2 heterocycles. The summed E-state index contributed by atoms with van der Waals surface area (Å²) in [6, 6.07) is 6.14. The highest BCUT2D eigenvalue weighted by atomic mass is 79.9. The number of nitrogen functional groups attached to an aromatic ring is 1. The first-order valence-corrected chi connectivity index (χ1v) is 7.01. The summed E-state index contributed by atoms with van der Waals surface area (Å²) in [5.74, 6) is 0. The largest absolute Gasteiger partial charge is 0.398 e. The lowest BCUT2D eigenvalue weighted by atomic mass is 10.4. The maximum atomic E-state index is 5.79. The number of hydrogen-bond acceptors (Lipinski definition) is 4. The van der Waals surface area contributed by atoms with Crippen LogP contribution in [-0.2, 0) is 13.1 Å². The minimum Gasteiger partial charge on any atom is -0.398 e. The van der Waals surface area contributed by atoms with Crippen molar-refractivity contribution in [3.05, 3.63) is 37.1 Å². The van der Waals surface area contributed by atoms with Crippen LogP contribution in [0.2, 0.25) is 0 Å². The predicted octanol–water partition coefficient (Wildman–Crippen LogP) is 3.44. The minimum absolute atomic E-state index is 0.846. The van der Waals surface area contributed by atoms with Crippen LogP contribution in [0.5, 0.6) is 0 Å². The molecule has 5 heteroatoms. The average molecular weight is 303 g/mol. The third kappa shape index (κ3) is 3.04. The lowest BCUT2D eigenvalue weighted by Crippen LogP contribution is -2.11. The van der Waals surface area contributed by atoms with Crippen LogP contribution >= 0.6 is 38.6 Å². The van der Waals surface area contributed by atoms with Crippen LogP contribution in [0.15, 0.2) is 27.4 Å². The van der Waals surface area contributed by atoms with Crippen molar-refractivity contribution in [2.75, 3.05) is 5.73 Å². The van der Waals surface area contributed by atoms with Gasteiger partial charge in [0.25, 0.3) is 0 Å². The van der Waals surface area contributed by atoms with Gasteiger partial charge < -0.3 is 11.1 Å². The molecule has 3 N–H and O–H groups in total. The van der Waals surface area contributed by atoms with Gasteiger partial charge in [-0.05, 0) is 39.5 Å². The molecule has 0 radical (unpaired) electrons. The van der Waals surface area contributed by atoms with E-state index in [2.05, 4.69) is 33.4 Å². The van der Waals surface area contributed by atoms with E-state index in [0.29, 0.717) is 0 Å². The molecule has 2 nitrogen and oxygen atoms in total. The fraction of sp³-hybridized carbons (Fsp3) is 0.200. The number of anilines is 1. The fourth-order valence-electron chi connectivity index (χ4n) is 1.24. The molecule has 0 bridgehead atoms. The van der Waals surface area contributed by atoms with E-state index in [0.717, 1.165) is 18.8 Å². The first kappa shape index (κ1) is 11.1. The summed E-state index contributed by atoms with van der Waals surface area (Å²) in [5, 5.41) is 5.40. The highest BCUT2D eigenvalue weighted by Gasteiger charge is 2.01. The van der Waals surface area contributed by atoms with Gasteiger partial charge >= 0.3 is 0 Å². The van der Waals surface area contributed by atoms with Crippen molar-refractivity contribution >= 4 is 44.3 Å². The highest BCUT2D eigenvalue weighted by molar-refractivity contribution is 9.11. The third-order valence-electron chi connectivity index (χ3n) is 1.99. The average Bonchev–Trinajstić information content (AvgIpc) is 2.77. The number of thiophene rings is 2. The van der Waals surface area contributed by atoms with Gasteiger partial charge in [0.2, 0.25) is 0 Å². The van der Waals surface area contributed by atoms with Gasteiger partial charge in [-0.15, -0.1) is 22.7 Å². The molecule has 0 aliphatic carbocycles. The molecule has 0 atom stereocenters. The second-order valence-corrected chi connectivity index (χ2v) is 6.66. The monoisotopic (exact) mass is 302 g/mol. The van der Waals surface area contributed by atoms with Crippen LogP contribution in [0.3, 0.4) is 0 Å². The molecular weight excluding hydrogens is 292 g/mol. The Hall–Kier alpha value is -0.360. The molecule has 2 aromatic heterocycles. The summed E-state index contributed by atoms with van der Waals surface area (Å²) in [5.41, 5.74) is 6.68. The van der Waals surface area contributed by atoms with Crippen molar-refractivity contribution in [2.45, 2.75) is 13.1 Å². The van der Waals surface area contributed by atoms with Crippen LogP contribution in [0.25, 0.3) is 0 Å². The Balaban J connectivity index is 1.83.